The molecule has 158 valence electrons. The summed E-state index contributed by atoms with van der Waals surface area (Å²) in [6.07, 6.45) is 1.71. The van der Waals surface area contributed by atoms with Crippen LogP contribution in [0, 0.1) is 6.92 Å². The number of rotatable bonds is 5. The number of aryl methyl sites for hydroxylation is 1. The third-order valence-corrected chi connectivity index (χ3v) is 10.5. The Hall–Kier alpha value is -1.54. The third kappa shape index (κ3) is 4.65. The molecule has 0 unspecified atom stereocenters. The Morgan fingerprint density at radius 2 is 1.26 bits per heavy atom. The second-order valence-electron chi connectivity index (χ2n) is 7.23. The summed E-state index contributed by atoms with van der Waals surface area (Å²) in [6, 6.07) is 28.9. The van der Waals surface area contributed by atoms with Gasteiger partial charge in [0.15, 0.2) is 5.82 Å². The molecule has 1 aromatic heterocycles. The van der Waals surface area contributed by atoms with Crippen molar-refractivity contribution < 1.29 is 0 Å². The number of alkyl halides is 3. The van der Waals surface area contributed by atoms with Crippen LogP contribution in [0.1, 0.15) is 17.1 Å². The molecule has 0 amide bonds. The first-order valence-electron chi connectivity index (χ1n) is 9.69. The second-order valence-corrected chi connectivity index (χ2v) is 13.8. The Morgan fingerprint density at radius 1 is 0.774 bits per heavy atom. The molecular weight excluding hydrogens is 489 g/mol. The van der Waals surface area contributed by atoms with Crippen molar-refractivity contribution in [3.63, 3.8) is 0 Å². The molecule has 2 nitrogen and oxygen atoms in total. The SMILES string of the molecule is Cc1cnc(C(Cl)(Cl)Cl)n1Cc1ccc([P+](Cl)(c2ccccc2)c2ccccc2)cc1. The molecule has 1 heterocycles. The van der Waals surface area contributed by atoms with E-state index in [1.54, 1.807) is 6.20 Å². The summed E-state index contributed by atoms with van der Waals surface area (Å²) in [6.45, 7) is 0.228. The van der Waals surface area contributed by atoms with Crippen LogP contribution in [0.25, 0.3) is 0 Å². The number of aromatic nitrogens is 2. The zero-order valence-electron chi connectivity index (χ0n) is 16.7. The molecular formula is C24H20Cl4N2P+. The van der Waals surface area contributed by atoms with Gasteiger partial charge in [-0.3, -0.25) is 0 Å². The molecule has 0 spiro atoms. The van der Waals surface area contributed by atoms with Gasteiger partial charge in [0.25, 0.3) is 0 Å². The lowest BCUT2D eigenvalue weighted by atomic mass is 10.2. The van der Waals surface area contributed by atoms with Gasteiger partial charge in [0.1, 0.15) is 27.2 Å². The lowest BCUT2D eigenvalue weighted by Crippen LogP contribution is -2.27. The molecule has 0 aliphatic rings. The largest absolute Gasteiger partial charge is 0.324 e. The highest BCUT2D eigenvalue weighted by Gasteiger charge is 2.44. The van der Waals surface area contributed by atoms with Crippen molar-refractivity contribution in [1.29, 1.82) is 0 Å². The highest BCUT2D eigenvalue weighted by molar-refractivity contribution is 8.14. The molecule has 4 rings (SSSR count). The van der Waals surface area contributed by atoms with Gasteiger partial charge in [-0.25, -0.2) is 4.98 Å². The van der Waals surface area contributed by atoms with E-state index in [0.717, 1.165) is 27.2 Å². The standard InChI is InChI=1S/C24H20Cl4N2P/c1-18-16-29-23(24(25,26)27)30(18)17-19-12-14-22(15-13-19)31(28,20-8-4-2-5-9-20)21-10-6-3-7-11-21/h2-16H,17H2,1H3/q+1. The van der Waals surface area contributed by atoms with Crippen molar-refractivity contribution in [3.8, 4) is 0 Å². The minimum absolute atomic E-state index is 0.409. The average Bonchev–Trinajstić information content (AvgIpc) is 3.15. The van der Waals surface area contributed by atoms with E-state index in [1.807, 2.05) is 47.9 Å². The number of halogens is 4. The summed E-state index contributed by atoms with van der Waals surface area (Å²) >= 11 is 25.8. The average molecular weight is 509 g/mol. The summed E-state index contributed by atoms with van der Waals surface area (Å²) in [5.41, 5.74) is 2.00. The lowest BCUT2D eigenvalue weighted by Gasteiger charge is -2.20. The monoisotopic (exact) mass is 507 g/mol. The smallest absolute Gasteiger partial charge is 0.248 e. The number of nitrogens with zero attached hydrogens (tertiary/aromatic N) is 2. The maximum Gasteiger partial charge on any atom is 0.248 e. The number of hydrogen-bond acceptors (Lipinski definition) is 1. The molecule has 3 aromatic carbocycles. The molecule has 0 bridgehead atoms. The minimum atomic E-state index is -2.27. The van der Waals surface area contributed by atoms with E-state index in [0.29, 0.717) is 12.4 Å². The van der Waals surface area contributed by atoms with Crippen LogP contribution in [-0.2, 0) is 10.3 Å². The summed E-state index contributed by atoms with van der Waals surface area (Å²) < 4.78 is 0.338. The zero-order valence-corrected chi connectivity index (χ0v) is 20.6. The van der Waals surface area contributed by atoms with E-state index in [-0.39, 0.29) is 0 Å². The summed E-state index contributed by atoms with van der Waals surface area (Å²) in [5.74, 6) is 0.409. The predicted molar refractivity (Wildman–Crippen MR) is 136 cm³/mol. The lowest BCUT2D eigenvalue weighted by molar-refractivity contribution is 0.717. The van der Waals surface area contributed by atoms with Crippen molar-refractivity contribution >= 4 is 68.6 Å². The maximum absolute atomic E-state index is 7.46. The fourth-order valence-electron chi connectivity index (χ4n) is 3.59. The van der Waals surface area contributed by atoms with Gasteiger partial charge in [-0.2, -0.15) is 0 Å². The zero-order chi connectivity index (χ0) is 22.1. The van der Waals surface area contributed by atoms with Gasteiger partial charge in [-0.05, 0) is 48.9 Å². The Balaban J connectivity index is 1.72. The third-order valence-electron chi connectivity index (χ3n) is 5.17. The van der Waals surface area contributed by atoms with Crippen molar-refractivity contribution in [3.05, 3.63) is 108 Å². The molecule has 0 radical (unpaired) electrons. The first kappa shape index (κ1) is 22.6. The van der Waals surface area contributed by atoms with Gasteiger partial charge in [-0.1, -0.05) is 83.3 Å². The van der Waals surface area contributed by atoms with Crippen molar-refractivity contribution in [2.24, 2.45) is 0 Å². The van der Waals surface area contributed by atoms with E-state index in [2.05, 4.69) is 53.5 Å². The quantitative estimate of drug-likeness (QED) is 0.222. The molecule has 0 aliphatic heterocycles. The maximum atomic E-state index is 7.46. The molecule has 0 fully saturated rings. The van der Waals surface area contributed by atoms with E-state index < -0.39 is 10.4 Å². The molecule has 0 saturated heterocycles. The van der Waals surface area contributed by atoms with Crippen molar-refractivity contribution in [2.75, 3.05) is 0 Å². The first-order valence-corrected chi connectivity index (χ1v) is 13.5. The van der Waals surface area contributed by atoms with E-state index in [4.69, 9.17) is 46.0 Å². The normalized spacial score (nSPS) is 12.2. The molecule has 0 saturated carbocycles. The summed E-state index contributed by atoms with van der Waals surface area (Å²) in [7, 11) is 0. The van der Waals surface area contributed by atoms with E-state index in [1.165, 1.54) is 0 Å². The van der Waals surface area contributed by atoms with Crippen LogP contribution >= 0.6 is 52.7 Å². The Bertz CT molecular complexity index is 1110. The van der Waals surface area contributed by atoms with E-state index >= 15 is 0 Å². The first-order chi connectivity index (χ1) is 14.8. The number of benzene rings is 3. The van der Waals surface area contributed by atoms with Gasteiger partial charge in [0, 0.05) is 18.4 Å². The van der Waals surface area contributed by atoms with Gasteiger partial charge in [-0.15, -0.1) is 0 Å². The van der Waals surface area contributed by atoms with Gasteiger partial charge in [0.05, 0.1) is 0 Å². The van der Waals surface area contributed by atoms with Gasteiger partial charge in [0.2, 0.25) is 10.4 Å². The molecule has 7 heteroatoms. The summed E-state index contributed by atoms with van der Waals surface area (Å²) in [5, 5.41) is 3.35. The predicted octanol–water partition coefficient (Wildman–Crippen LogP) is 6.51. The van der Waals surface area contributed by atoms with Crippen LogP contribution in [-0.4, -0.2) is 9.55 Å². The topological polar surface area (TPSA) is 17.8 Å². The van der Waals surface area contributed by atoms with Gasteiger partial charge < -0.3 is 4.57 Å². The van der Waals surface area contributed by atoms with Crippen LogP contribution in [0.5, 0.6) is 0 Å². The van der Waals surface area contributed by atoms with E-state index in [9.17, 15) is 0 Å². The fourth-order valence-corrected chi connectivity index (χ4v) is 7.68. The van der Waals surface area contributed by atoms with Gasteiger partial charge >= 0.3 is 0 Å². The molecule has 0 N–H and O–H groups in total. The number of imidazole rings is 1. The Morgan fingerprint density at radius 3 is 1.74 bits per heavy atom. The van der Waals surface area contributed by atoms with Crippen LogP contribution in [0.2, 0.25) is 0 Å². The van der Waals surface area contributed by atoms with Crippen LogP contribution < -0.4 is 15.9 Å². The van der Waals surface area contributed by atoms with Crippen LogP contribution in [0.4, 0.5) is 0 Å². The molecule has 0 aliphatic carbocycles. The van der Waals surface area contributed by atoms with Crippen LogP contribution in [0.15, 0.2) is 91.1 Å². The van der Waals surface area contributed by atoms with Crippen LogP contribution in [0.3, 0.4) is 0 Å². The Kier molecular flexibility index (Phi) is 6.68. The molecule has 4 aromatic rings. The van der Waals surface area contributed by atoms with Crippen molar-refractivity contribution in [2.45, 2.75) is 17.3 Å². The molecule has 31 heavy (non-hydrogen) atoms. The highest BCUT2D eigenvalue weighted by atomic mass is 35.7. The fraction of sp³-hybridized carbons (Fsp3) is 0.125. The highest BCUT2D eigenvalue weighted by Crippen LogP contribution is 2.60. The number of hydrogen-bond donors (Lipinski definition) is 0. The Labute approximate surface area is 202 Å². The summed E-state index contributed by atoms with van der Waals surface area (Å²) in [4.78, 5) is 4.27. The second kappa shape index (κ2) is 9.14. The molecule has 0 atom stereocenters. The van der Waals surface area contributed by atoms with Crippen molar-refractivity contribution in [1.82, 2.24) is 9.55 Å². The minimum Gasteiger partial charge on any atom is -0.324 e.